The van der Waals surface area contributed by atoms with Gasteiger partial charge in [0.05, 0.1) is 34.4 Å². The molecule has 0 aromatic carbocycles. The van der Waals surface area contributed by atoms with Crippen LogP contribution in [0, 0.1) is 0 Å². The summed E-state index contributed by atoms with van der Waals surface area (Å²) in [4.78, 5) is 25.4. The van der Waals surface area contributed by atoms with Crippen molar-refractivity contribution < 1.29 is 18.7 Å². The van der Waals surface area contributed by atoms with Crippen LogP contribution in [-0.2, 0) is 22.5 Å². The first kappa shape index (κ1) is 18.5. The van der Waals surface area contributed by atoms with Gasteiger partial charge in [0.2, 0.25) is 5.78 Å². The number of nitrogens with zero attached hydrogens (tertiary/aromatic N) is 1. The molecule has 0 saturated heterocycles. The summed E-state index contributed by atoms with van der Waals surface area (Å²) in [6.45, 7) is 6.17. The van der Waals surface area contributed by atoms with Crippen molar-refractivity contribution in [2.24, 2.45) is 0 Å². The Bertz CT molecular complexity index is 873. The highest BCUT2D eigenvalue weighted by Gasteiger charge is 2.31. The van der Waals surface area contributed by atoms with E-state index >= 15 is 0 Å². The Morgan fingerprint density at radius 1 is 1.38 bits per heavy atom. The van der Waals surface area contributed by atoms with E-state index in [1.807, 2.05) is 24.5 Å². The van der Waals surface area contributed by atoms with E-state index in [2.05, 4.69) is 6.92 Å². The maximum Gasteiger partial charge on any atom is 0.340 e. The fourth-order valence-electron chi connectivity index (χ4n) is 3.16. The number of fused-ring (bicyclic) bond motifs is 1. The molecular formula is C20H22ClNO4. The highest BCUT2D eigenvalue weighted by molar-refractivity contribution is 6.34. The fraction of sp³-hybridized carbons (Fsp3) is 0.400. The lowest BCUT2D eigenvalue weighted by Gasteiger charge is -2.09. The first-order valence-corrected chi connectivity index (χ1v) is 9.23. The van der Waals surface area contributed by atoms with Crippen molar-refractivity contribution >= 4 is 28.9 Å². The van der Waals surface area contributed by atoms with Gasteiger partial charge in [-0.1, -0.05) is 24.9 Å². The molecule has 1 aliphatic heterocycles. The fourth-order valence-corrected chi connectivity index (χ4v) is 3.34. The molecule has 0 bridgehead atoms. The average molecular weight is 376 g/mol. The molecule has 0 saturated carbocycles. The molecule has 0 fully saturated rings. The van der Waals surface area contributed by atoms with Gasteiger partial charge in [0.15, 0.2) is 5.76 Å². The van der Waals surface area contributed by atoms with Crippen molar-refractivity contribution in [2.45, 2.75) is 52.7 Å². The third-order valence-corrected chi connectivity index (χ3v) is 4.63. The molecule has 138 valence electrons. The van der Waals surface area contributed by atoms with Crippen LogP contribution in [0.1, 0.15) is 61.1 Å². The van der Waals surface area contributed by atoms with Crippen molar-refractivity contribution in [3.63, 3.8) is 0 Å². The van der Waals surface area contributed by atoms with Gasteiger partial charge in [-0.2, -0.15) is 0 Å². The molecule has 0 amide bonds. The molecule has 0 unspecified atom stereocenters. The maximum absolute atomic E-state index is 13.0. The molecule has 0 radical (unpaired) electrons. The number of aryl methyl sites for hydroxylation is 1. The zero-order chi connectivity index (χ0) is 18.8. The van der Waals surface area contributed by atoms with Gasteiger partial charge in [0, 0.05) is 6.54 Å². The normalized spacial score (nSPS) is 13.0. The Morgan fingerprint density at radius 3 is 2.77 bits per heavy atom. The second-order valence-corrected chi connectivity index (χ2v) is 7.02. The van der Waals surface area contributed by atoms with Crippen LogP contribution in [0.2, 0.25) is 5.02 Å². The van der Waals surface area contributed by atoms with Gasteiger partial charge in [0.1, 0.15) is 0 Å². The Balaban J connectivity index is 2.02. The van der Waals surface area contributed by atoms with Crippen LogP contribution in [0.3, 0.4) is 0 Å². The summed E-state index contributed by atoms with van der Waals surface area (Å²) in [7, 11) is 0. The lowest BCUT2D eigenvalue weighted by molar-refractivity contribution is -0.140. The summed E-state index contributed by atoms with van der Waals surface area (Å²) in [6.07, 6.45) is 5.71. The number of halogens is 1. The topological polar surface area (TPSA) is 61.4 Å². The predicted octanol–water partition coefficient (Wildman–Crippen LogP) is 4.66. The summed E-state index contributed by atoms with van der Waals surface area (Å²) in [5, 5.41) is 0.289. The number of carbonyl (C=O) groups excluding carboxylic acids is 2. The van der Waals surface area contributed by atoms with Gasteiger partial charge in [-0.25, -0.2) is 4.79 Å². The van der Waals surface area contributed by atoms with E-state index in [4.69, 9.17) is 20.8 Å². The molecule has 5 nitrogen and oxygen atoms in total. The molecule has 2 aromatic heterocycles. The van der Waals surface area contributed by atoms with Crippen molar-refractivity contribution in [3.8, 4) is 0 Å². The second kappa shape index (κ2) is 7.54. The zero-order valence-electron chi connectivity index (χ0n) is 15.2. The number of aromatic nitrogens is 1. The number of unbranched alkanes of at least 4 members (excludes halogenated alkanes) is 1. The molecule has 26 heavy (non-hydrogen) atoms. The molecular weight excluding hydrogens is 354 g/mol. The molecule has 0 spiro atoms. The number of allylic oxidation sites excluding steroid dienone is 1. The average Bonchev–Trinajstić information content (AvgIpc) is 3.25. The van der Waals surface area contributed by atoms with Crippen LogP contribution in [0.4, 0.5) is 0 Å². The van der Waals surface area contributed by atoms with Crippen molar-refractivity contribution in [1.29, 1.82) is 0 Å². The largest absolute Gasteiger partial charge is 0.459 e. The standard InChI is InChI=1S/C20H22ClNO4/c1-4-5-6-13-11-16-14(20(24)26-12(2)3)7-9-22(16)17(13)18(23)19-15(21)8-10-25-19/h7-8,10-12H,4-6,9H2,1-3H3. The van der Waals surface area contributed by atoms with E-state index in [0.29, 0.717) is 23.5 Å². The summed E-state index contributed by atoms with van der Waals surface area (Å²) in [5.74, 6) is -0.499. The number of esters is 1. The van der Waals surface area contributed by atoms with Crippen LogP contribution in [0.5, 0.6) is 0 Å². The lowest BCUT2D eigenvalue weighted by Crippen LogP contribution is -2.13. The summed E-state index contributed by atoms with van der Waals surface area (Å²) >= 11 is 6.08. The number of hydrogen-bond donors (Lipinski definition) is 0. The molecule has 1 aliphatic rings. The molecule has 0 aliphatic carbocycles. The van der Waals surface area contributed by atoms with Gasteiger partial charge >= 0.3 is 5.97 Å². The van der Waals surface area contributed by atoms with Gasteiger partial charge in [0.25, 0.3) is 0 Å². The van der Waals surface area contributed by atoms with E-state index < -0.39 is 0 Å². The third kappa shape index (κ3) is 3.36. The number of ketones is 1. The van der Waals surface area contributed by atoms with E-state index in [1.54, 1.807) is 12.1 Å². The van der Waals surface area contributed by atoms with Gasteiger partial charge in [-0.15, -0.1) is 0 Å². The highest BCUT2D eigenvalue weighted by Crippen LogP contribution is 2.32. The Kier molecular flexibility index (Phi) is 5.37. The smallest absolute Gasteiger partial charge is 0.340 e. The van der Waals surface area contributed by atoms with Crippen LogP contribution in [0.15, 0.2) is 28.9 Å². The van der Waals surface area contributed by atoms with Crippen molar-refractivity contribution in [1.82, 2.24) is 4.57 Å². The third-order valence-electron chi connectivity index (χ3n) is 4.33. The molecule has 3 heterocycles. The first-order valence-electron chi connectivity index (χ1n) is 8.85. The quantitative estimate of drug-likeness (QED) is 0.521. The minimum absolute atomic E-state index is 0.128. The van der Waals surface area contributed by atoms with Gasteiger partial charge in [-0.05, 0) is 50.5 Å². The van der Waals surface area contributed by atoms with Gasteiger partial charge < -0.3 is 13.7 Å². The minimum atomic E-state index is -0.367. The highest BCUT2D eigenvalue weighted by atomic mass is 35.5. The van der Waals surface area contributed by atoms with Crippen LogP contribution in [-0.4, -0.2) is 22.4 Å². The molecule has 0 atom stereocenters. The van der Waals surface area contributed by atoms with E-state index in [1.165, 1.54) is 6.26 Å². The monoisotopic (exact) mass is 375 g/mol. The first-order chi connectivity index (χ1) is 12.4. The van der Waals surface area contributed by atoms with Crippen molar-refractivity contribution in [3.05, 3.63) is 52.2 Å². The predicted molar refractivity (Wildman–Crippen MR) is 99.4 cm³/mol. The molecule has 2 aromatic rings. The van der Waals surface area contributed by atoms with E-state index in [-0.39, 0.29) is 28.6 Å². The Labute approximate surface area is 157 Å². The number of rotatable bonds is 7. The van der Waals surface area contributed by atoms with Crippen LogP contribution in [0.25, 0.3) is 5.57 Å². The van der Waals surface area contributed by atoms with E-state index in [9.17, 15) is 9.59 Å². The molecule has 6 heteroatoms. The summed E-state index contributed by atoms with van der Waals surface area (Å²) in [5.41, 5.74) is 2.66. The van der Waals surface area contributed by atoms with Gasteiger partial charge in [-0.3, -0.25) is 4.79 Å². The number of hydrogen-bond acceptors (Lipinski definition) is 4. The SMILES string of the molecule is CCCCc1cc2n(c1C(=O)c1occc1Cl)CC=C2C(=O)OC(C)C. The number of furan rings is 1. The zero-order valence-corrected chi connectivity index (χ0v) is 15.9. The van der Waals surface area contributed by atoms with Crippen LogP contribution >= 0.6 is 11.6 Å². The molecule has 3 rings (SSSR count). The number of ether oxygens (including phenoxy) is 1. The lowest BCUT2D eigenvalue weighted by atomic mass is 10.0. The van der Waals surface area contributed by atoms with E-state index in [0.717, 1.165) is 24.8 Å². The number of carbonyl (C=O) groups is 2. The minimum Gasteiger partial charge on any atom is -0.459 e. The molecule has 0 N–H and O–H groups in total. The van der Waals surface area contributed by atoms with Crippen LogP contribution < -0.4 is 0 Å². The Hall–Kier alpha value is -2.27. The second-order valence-electron chi connectivity index (χ2n) is 6.62. The van der Waals surface area contributed by atoms with Crippen molar-refractivity contribution in [2.75, 3.05) is 0 Å². The summed E-state index contributed by atoms with van der Waals surface area (Å²) < 4.78 is 12.5. The Morgan fingerprint density at radius 2 is 2.15 bits per heavy atom. The summed E-state index contributed by atoms with van der Waals surface area (Å²) in [6, 6.07) is 3.47. The maximum atomic E-state index is 13.0.